The van der Waals surface area contributed by atoms with Gasteiger partial charge in [0.1, 0.15) is 5.75 Å². The second kappa shape index (κ2) is 6.38. The van der Waals surface area contributed by atoms with E-state index in [1.165, 1.54) is 0 Å². The highest BCUT2D eigenvalue weighted by atomic mass is 16.5. The normalized spacial score (nSPS) is 22.4. The molecule has 22 heavy (non-hydrogen) atoms. The number of carbonyl (C=O) groups is 2. The van der Waals surface area contributed by atoms with Crippen molar-refractivity contribution < 1.29 is 19.4 Å². The number of ether oxygens (including phenoxy) is 1. The van der Waals surface area contributed by atoms with Crippen LogP contribution >= 0.6 is 0 Å². The van der Waals surface area contributed by atoms with Crippen molar-refractivity contribution in [3.05, 3.63) is 29.8 Å². The van der Waals surface area contributed by atoms with E-state index in [9.17, 15) is 14.7 Å². The second-order valence-electron chi connectivity index (χ2n) is 6.31. The first kappa shape index (κ1) is 16.3. The molecule has 1 heterocycles. The maximum Gasteiger partial charge on any atom is 0.311 e. The maximum absolute atomic E-state index is 12.4. The molecule has 0 radical (unpaired) electrons. The van der Waals surface area contributed by atoms with Gasteiger partial charge in [-0.15, -0.1) is 0 Å². The van der Waals surface area contributed by atoms with E-state index in [1.807, 2.05) is 31.2 Å². The van der Waals surface area contributed by atoms with Crippen molar-refractivity contribution >= 4 is 11.9 Å². The molecular formula is C17H23NO4. The monoisotopic (exact) mass is 305 g/mol. The van der Waals surface area contributed by atoms with Gasteiger partial charge in [-0.2, -0.15) is 0 Å². The first-order valence-corrected chi connectivity index (χ1v) is 7.51. The highest BCUT2D eigenvalue weighted by Crippen LogP contribution is 2.31. The van der Waals surface area contributed by atoms with E-state index < -0.39 is 11.4 Å². The standard InChI is InChI=1S/C17H23NO4/c1-12(13-4-6-14(22-3)7-5-13)10-15(19)18-9-8-17(2,11-18)16(20)21/h4-7,12H,8-11H2,1-3H3,(H,20,21)/t12-,17-/m0/s1. The minimum atomic E-state index is -0.828. The fraction of sp³-hybridized carbons (Fsp3) is 0.529. The van der Waals surface area contributed by atoms with Crippen LogP contribution in [0, 0.1) is 5.41 Å². The molecule has 1 saturated heterocycles. The molecule has 1 N–H and O–H groups in total. The molecule has 1 aromatic rings. The lowest BCUT2D eigenvalue weighted by Gasteiger charge is -2.22. The van der Waals surface area contributed by atoms with Crippen LogP contribution in [0.15, 0.2) is 24.3 Å². The first-order chi connectivity index (χ1) is 10.4. The molecular weight excluding hydrogens is 282 g/mol. The van der Waals surface area contributed by atoms with E-state index in [4.69, 9.17) is 4.74 Å². The number of carbonyl (C=O) groups excluding carboxylic acids is 1. The summed E-state index contributed by atoms with van der Waals surface area (Å²) in [6.07, 6.45) is 0.910. The first-order valence-electron chi connectivity index (χ1n) is 7.51. The number of carboxylic acid groups (broad SMARTS) is 1. The summed E-state index contributed by atoms with van der Waals surface area (Å²) < 4.78 is 5.13. The molecule has 1 aliphatic heterocycles. The molecule has 0 aliphatic carbocycles. The van der Waals surface area contributed by atoms with Gasteiger partial charge in [0.2, 0.25) is 5.91 Å². The Morgan fingerprint density at radius 2 is 2.00 bits per heavy atom. The van der Waals surface area contributed by atoms with Gasteiger partial charge in [0.15, 0.2) is 0 Å². The molecule has 1 amide bonds. The Hall–Kier alpha value is -2.04. The van der Waals surface area contributed by atoms with Crippen molar-refractivity contribution in [2.24, 2.45) is 5.41 Å². The molecule has 0 bridgehead atoms. The van der Waals surface area contributed by atoms with E-state index in [2.05, 4.69) is 0 Å². The number of hydrogen-bond acceptors (Lipinski definition) is 3. The van der Waals surface area contributed by atoms with Gasteiger partial charge in [0.25, 0.3) is 0 Å². The van der Waals surface area contributed by atoms with Gasteiger partial charge >= 0.3 is 5.97 Å². The number of nitrogens with zero attached hydrogens (tertiary/aromatic N) is 1. The van der Waals surface area contributed by atoms with E-state index in [0.29, 0.717) is 25.9 Å². The van der Waals surface area contributed by atoms with Gasteiger partial charge < -0.3 is 14.7 Å². The molecule has 0 spiro atoms. The third kappa shape index (κ3) is 3.40. The molecule has 0 saturated carbocycles. The third-order valence-electron chi connectivity index (χ3n) is 4.51. The smallest absolute Gasteiger partial charge is 0.311 e. The Balaban J connectivity index is 1.95. The van der Waals surface area contributed by atoms with Crippen LogP contribution in [-0.2, 0) is 9.59 Å². The Morgan fingerprint density at radius 1 is 1.36 bits per heavy atom. The maximum atomic E-state index is 12.4. The Kier molecular flexibility index (Phi) is 4.74. The fourth-order valence-corrected chi connectivity index (χ4v) is 2.79. The fourth-order valence-electron chi connectivity index (χ4n) is 2.79. The molecule has 2 atom stereocenters. The number of hydrogen-bond donors (Lipinski definition) is 1. The van der Waals surface area contributed by atoms with Crippen LogP contribution in [0.25, 0.3) is 0 Å². The lowest BCUT2D eigenvalue weighted by atomic mass is 9.90. The van der Waals surface area contributed by atoms with E-state index in [-0.39, 0.29) is 11.8 Å². The number of rotatable bonds is 5. The third-order valence-corrected chi connectivity index (χ3v) is 4.51. The zero-order valence-electron chi connectivity index (χ0n) is 13.3. The summed E-state index contributed by atoms with van der Waals surface area (Å²) in [5.41, 5.74) is 0.272. The molecule has 2 rings (SSSR count). The Bertz CT molecular complexity index is 554. The largest absolute Gasteiger partial charge is 0.497 e. The van der Waals surface area contributed by atoms with Gasteiger partial charge in [0, 0.05) is 19.5 Å². The summed E-state index contributed by atoms with van der Waals surface area (Å²) in [6.45, 7) is 4.54. The molecule has 5 heteroatoms. The molecule has 0 aromatic heterocycles. The summed E-state index contributed by atoms with van der Waals surface area (Å²) in [5, 5.41) is 9.23. The van der Waals surface area contributed by atoms with Gasteiger partial charge in [-0.3, -0.25) is 9.59 Å². The Morgan fingerprint density at radius 3 is 2.50 bits per heavy atom. The molecule has 1 fully saturated rings. The zero-order chi connectivity index (χ0) is 16.3. The molecule has 1 aromatic carbocycles. The molecule has 5 nitrogen and oxygen atoms in total. The number of aliphatic carboxylic acids is 1. The van der Waals surface area contributed by atoms with Crippen LogP contribution < -0.4 is 4.74 Å². The highest BCUT2D eigenvalue weighted by molar-refractivity contribution is 5.81. The van der Waals surface area contributed by atoms with Gasteiger partial charge in [-0.25, -0.2) is 0 Å². The number of methoxy groups -OCH3 is 1. The van der Waals surface area contributed by atoms with Gasteiger partial charge in [-0.05, 0) is 37.0 Å². The minimum Gasteiger partial charge on any atom is -0.497 e. The topological polar surface area (TPSA) is 66.8 Å². The lowest BCUT2D eigenvalue weighted by molar-refractivity contribution is -0.147. The quantitative estimate of drug-likeness (QED) is 0.907. The molecule has 120 valence electrons. The van der Waals surface area contributed by atoms with E-state index in [1.54, 1.807) is 18.9 Å². The average molecular weight is 305 g/mol. The van der Waals surface area contributed by atoms with Crippen molar-refractivity contribution in [2.75, 3.05) is 20.2 Å². The number of likely N-dealkylation sites (tertiary alicyclic amines) is 1. The van der Waals surface area contributed by atoms with Crippen LogP contribution in [0.1, 0.15) is 38.2 Å². The lowest BCUT2D eigenvalue weighted by Crippen LogP contribution is -2.35. The van der Waals surface area contributed by atoms with Crippen LogP contribution in [0.4, 0.5) is 0 Å². The molecule has 1 aliphatic rings. The summed E-state index contributed by atoms with van der Waals surface area (Å²) in [5.74, 6) is 0.0773. The van der Waals surface area contributed by atoms with Crippen molar-refractivity contribution in [1.29, 1.82) is 0 Å². The zero-order valence-corrected chi connectivity index (χ0v) is 13.3. The van der Waals surface area contributed by atoms with Crippen molar-refractivity contribution in [1.82, 2.24) is 4.90 Å². The van der Waals surface area contributed by atoms with Gasteiger partial charge in [0.05, 0.1) is 12.5 Å². The summed E-state index contributed by atoms with van der Waals surface area (Å²) in [6, 6.07) is 7.69. The summed E-state index contributed by atoms with van der Waals surface area (Å²) in [4.78, 5) is 25.3. The van der Waals surface area contributed by atoms with E-state index >= 15 is 0 Å². The van der Waals surface area contributed by atoms with Crippen molar-refractivity contribution in [3.8, 4) is 5.75 Å². The van der Waals surface area contributed by atoms with Crippen LogP contribution in [0.3, 0.4) is 0 Å². The highest BCUT2D eigenvalue weighted by Gasteiger charge is 2.42. The van der Waals surface area contributed by atoms with Crippen molar-refractivity contribution in [3.63, 3.8) is 0 Å². The predicted molar refractivity (Wildman–Crippen MR) is 83.0 cm³/mol. The Labute approximate surface area is 130 Å². The SMILES string of the molecule is COc1ccc([C@@H](C)CC(=O)N2CC[C@](C)(C(=O)O)C2)cc1. The summed E-state index contributed by atoms with van der Waals surface area (Å²) >= 11 is 0. The van der Waals surface area contributed by atoms with Crippen LogP contribution in [0.2, 0.25) is 0 Å². The van der Waals surface area contributed by atoms with Gasteiger partial charge in [-0.1, -0.05) is 19.1 Å². The minimum absolute atomic E-state index is 0.0216. The molecule has 0 unspecified atom stereocenters. The summed E-state index contributed by atoms with van der Waals surface area (Å²) in [7, 11) is 1.62. The predicted octanol–water partition coefficient (Wildman–Crippen LogP) is 2.51. The average Bonchev–Trinajstić information content (AvgIpc) is 2.91. The number of amides is 1. The second-order valence-corrected chi connectivity index (χ2v) is 6.31. The van der Waals surface area contributed by atoms with Crippen molar-refractivity contribution in [2.45, 2.75) is 32.6 Å². The number of carboxylic acids is 1. The van der Waals surface area contributed by atoms with Crippen LogP contribution in [0.5, 0.6) is 5.75 Å². The van der Waals surface area contributed by atoms with Crippen LogP contribution in [-0.4, -0.2) is 42.1 Å². The number of benzene rings is 1. The van der Waals surface area contributed by atoms with E-state index in [0.717, 1.165) is 11.3 Å².